The van der Waals surface area contributed by atoms with Crippen molar-refractivity contribution in [1.29, 1.82) is 0 Å². The first-order valence-electron chi connectivity index (χ1n) is 8.46. The highest BCUT2D eigenvalue weighted by Crippen LogP contribution is 2.35. The molecular formula is C19H24N2O4. The van der Waals surface area contributed by atoms with Crippen LogP contribution in [0.2, 0.25) is 0 Å². The fourth-order valence-corrected chi connectivity index (χ4v) is 2.86. The van der Waals surface area contributed by atoms with Crippen LogP contribution in [0.25, 0.3) is 0 Å². The summed E-state index contributed by atoms with van der Waals surface area (Å²) >= 11 is 0. The molecule has 0 spiro atoms. The zero-order valence-electron chi connectivity index (χ0n) is 15.2. The minimum Gasteiger partial charge on any atom is -0.486 e. The van der Waals surface area contributed by atoms with Crippen molar-refractivity contribution in [1.82, 2.24) is 9.78 Å². The molecule has 1 aromatic carbocycles. The van der Waals surface area contributed by atoms with Gasteiger partial charge in [0.1, 0.15) is 19.8 Å². The summed E-state index contributed by atoms with van der Waals surface area (Å²) in [6.07, 6.45) is 0. The number of aromatic nitrogens is 2. The quantitative estimate of drug-likeness (QED) is 0.781. The molecule has 0 saturated heterocycles. The van der Waals surface area contributed by atoms with Gasteiger partial charge in [-0.3, -0.25) is 9.48 Å². The predicted molar refractivity (Wildman–Crippen MR) is 93.1 cm³/mol. The monoisotopic (exact) mass is 344 g/mol. The molecule has 0 radical (unpaired) electrons. The van der Waals surface area contributed by atoms with Crippen LogP contribution in [0, 0.1) is 13.8 Å². The van der Waals surface area contributed by atoms with E-state index >= 15 is 0 Å². The Morgan fingerprint density at radius 2 is 1.92 bits per heavy atom. The minimum atomic E-state index is -0.773. The fraction of sp³-hybridized carbons (Fsp3) is 0.474. The van der Waals surface area contributed by atoms with E-state index < -0.39 is 5.41 Å². The topological polar surface area (TPSA) is 62.6 Å². The lowest BCUT2D eigenvalue weighted by Crippen LogP contribution is -2.32. The number of carbonyl (C=O) groups excluding carboxylic acids is 1. The van der Waals surface area contributed by atoms with E-state index in [0.717, 1.165) is 17.0 Å². The highest BCUT2D eigenvalue weighted by Gasteiger charge is 2.32. The van der Waals surface area contributed by atoms with E-state index in [2.05, 4.69) is 5.10 Å². The minimum absolute atomic E-state index is 0.272. The summed E-state index contributed by atoms with van der Waals surface area (Å²) in [6, 6.07) is 7.59. The van der Waals surface area contributed by atoms with Crippen LogP contribution >= 0.6 is 0 Å². The molecule has 134 valence electrons. The summed E-state index contributed by atoms with van der Waals surface area (Å²) in [5.41, 5.74) is 2.08. The number of aryl methyl sites for hydroxylation is 2. The number of ether oxygens (including phenoxy) is 3. The summed E-state index contributed by atoms with van der Waals surface area (Å²) in [6.45, 7) is 9.53. The van der Waals surface area contributed by atoms with E-state index in [0.29, 0.717) is 31.3 Å². The molecule has 1 aromatic heterocycles. The molecule has 6 heteroatoms. The zero-order valence-corrected chi connectivity index (χ0v) is 15.2. The van der Waals surface area contributed by atoms with E-state index in [1.54, 1.807) is 0 Å². The van der Waals surface area contributed by atoms with Crippen LogP contribution in [0.3, 0.4) is 0 Å². The van der Waals surface area contributed by atoms with Gasteiger partial charge in [-0.05, 0) is 51.5 Å². The van der Waals surface area contributed by atoms with E-state index in [1.807, 2.05) is 56.6 Å². The molecule has 0 N–H and O–H groups in total. The number of nitrogens with zero attached hydrogens (tertiary/aromatic N) is 2. The summed E-state index contributed by atoms with van der Waals surface area (Å²) in [5, 5.41) is 4.37. The smallest absolute Gasteiger partial charge is 0.316 e. The molecule has 6 nitrogen and oxygen atoms in total. The molecule has 1 aliphatic heterocycles. The molecule has 2 aromatic rings. The van der Waals surface area contributed by atoms with E-state index in [4.69, 9.17) is 14.2 Å². The maximum atomic E-state index is 12.6. The molecule has 0 fully saturated rings. The van der Waals surface area contributed by atoms with Crippen molar-refractivity contribution >= 4 is 5.97 Å². The fourth-order valence-electron chi connectivity index (χ4n) is 2.86. The number of hydrogen-bond donors (Lipinski definition) is 0. The van der Waals surface area contributed by atoms with E-state index in [-0.39, 0.29) is 12.6 Å². The number of hydrogen-bond acceptors (Lipinski definition) is 5. The lowest BCUT2D eigenvalue weighted by Gasteiger charge is -2.25. The third-order valence-corrected chi connectivity index (χ3v) is 4.41. The first kappa shape index (κ1) is 17.3. The molecule has 0 aliphatic carbocycles. The standard InChI is InChI=1S/C19H24N2O4/c1-13-11-14(2)21(20-13)7-8-25-18(22)19(3,4)15-5-6-16-17(12-15)24-10-9-23-16/h5-6,11-12H,7-10H2,1-4H3. The second kappa shape index (κ2) is 6.78. The Bertz CT molecular complexity index is 780. The molecule has 0 amide bonds. The third-order valence-electron chi connectivity index (χ3n) is 4.41. The number of carbonyl (C=O) groups is 1. The van der Waals surface area contributed by atoms with Crippen molar-refractivity contribution in [2.45, 2.75) is 39.7 Å². The van der Waals surface area contributed by atoms with Crippen molar-refractivity contribution < 1.29 is 19.0 Å². The Morgan fingerprint density at radius 3 is 2.60 bits per heavy atom. The van der Waals surface area contributed by atoms with Gasteiger partial charge in [-0.1, -0.05) is 6.07 Å². The predicted octanol–water partition coefficient (Wildman–Crippen LogP) is 2.79. The van der Waals surface area contributed by atoms with Crippen LogP contribution in [0.5, 0.6) is 11.5 Å². The Hall–Kier alpha value is -2.50. The lowest BCUT2D eigenvalue weighted by molar-refractivity contribution is -0.149. The highest BCUT2D eigenvalue weighted by molar-refractivity contribution is 5.82. The van der Waals surface area contributed by atoms with Crippen molar-refractivity contribution in [3.8, 4) is 11.5 Å². The van der Waals surface area contributed by atoms with Gasteiger partial charge in [-0.25, -0.2) is 0 Å². The van der Waals surface area contributed by atoms with Gasteiger partial charge in [0.15, 0.2) is 11.5 Å². The van der Waals surface area contributed by atoms with Gasteiger partial charge >= 0.3 is 5.97 Å². The first-order valence-corrected chi connectivity index (χ1v) is 8.46. The summed E-state index contributed by atoms with van der Waals surface area (Å²) in [5.74, 6) is 1.11. The Kier molecular flexibility index (Phi) is 4.70. The molecule has 3 rings (SSSR count). The van der Waals surface area contributed by atoms with Crippen LogP contribution in [0.1, 0.15) is 30.8 Å². The van der Waals surface area contributed by atoms with Crippen molar-refractivity contribution in [2.24, 2.45) is 0 Å². The number of fused-ring (bicyclic) bond motifs is 1. The maximum absolute atomic E-state index is 12.6. The van der Waals surface area contributed by atoms with E-state index in [9.17, 15) is 4.79 Å². The summed E-state index contributed by atoms with van der Waals surface area (Å²) < 4.78 is 18.5. The molecule has 0 atom stereocenters. The van der Waals surface area contributed by atoms with Crippen LogP contribution in [0.15, 0.2) is 24.3 Å². The molecule has 0 unspecified atom stereocenters. The molecular weight excluding hydrogens is 320 g/mol. The van der Waals surface area contributed by atoms with Gasteiger partial charge < -0.3 is 14.2 Å². The van der Waals surface area contributed by atoms with Gasteiger partial charge in [0.05, 0.1) is 17.7 Å². The molecule has 25 heavy (non-hydrogen) atoms. The third kappa shape index (κ3) is 3.62. The molecule has 2 heterocycles. The highest BCUT2D eigenvalue weighted by atomic mass is 16.6. The largest absolute Gasteiger partial charge is 0.486 e. The van der Waals surface area contributed by atoms with Crippen molar-refractivity contribution in [2.75, 3.05) is 19.8 Å². The van der Waals surface area contributed by atoms with Gasteiger partial charge in [0.2, 0.25) is 0 Å². The van der Waals surface area contributed by atoms with E-state index in [1.165, 1.54) is 0 Å². The molecule has 0 bridgehead atoms. The normalized spacial score (nSPS) is 13.6. The molecule has 1 aliphatic rings. The average molecular weight is 344 g/mol. The van der Waals surface area contributed by atoms with Crippen LogP contribution in [-0.2, 0) is 21.5 Å². The van der Waals surface area contributed by atoms with Gasteiger partial charge in [0, 0.05) is 5.69 Å². The average Bonchev–Trinajstić information content (AvgIpc) is 2.91. The second-order valence-electron chi connectivity index (χ2n) is 6.77. The van der Waals surface area contributed by atoms with Crippen molar-refractivity contribution in [3.63, 3.8) is 0 Å². The number of rotatable bonds is 5. The Morgan fingerprint density at radius 1 is 1.20 bits per heavy atom. The zero-order chi connectivity index (χ0) is 18.0. The Balaban J connectivity index is 1.65. The van der Waals surface area contributed by atoms with Gasteiger partial charge in [-0.15, -0.1) is 0 Å². The van der Waals surface area contributed by atoms with Crippen LogP contribution < -0.4 is 9.47 Å². The van der Waals surface area contributed by atoms with Crippen molar-refractivity contribution in [3.05, 3.63) is 41.2 Å². The lowest BCUT2D eigenvalue weighted by atomic mass is 9.84. The van der Waals surface area contributed by atoms with Gasteiger partial charge in [-0.2, -0.15) is 5.10 Å². The molecule has 0 saturated carbocycles. The number of benzene rings is 1. The summed E-state index contributed by atoms with van der Waals surface area (Å²) in [7, 11) is 0. The Labute approximate surface area is 147 Å². The van der Waals surface area contributed by atoms with Gasteiger partial charge in [0.25, 0.3) is 0 Å². The van der Waals surface area contributed by atoms with Crippen LogP contribution in [-0.4, -0.2) is 35.6 Å². The first-order chi connectivity index (χ1) is 11.9. The second-order valence-corrected chi connectivity index (χ2v) is 6.77. The van der Waals surface area contributed by atoms with Crippen LogP contribution in [0.4, 0.5) is 0 Å². The maximum Gasteiger partial charge on any atom is 0.316 e. The summed E-state index contributed by atoms with van der Waals surface area (Å²) in [4.78, 5) is 12.6. The SMILES string of the molecule is Cc1cc(C)n(CCOC(=O)C(C)(C)c2ccc3c(c2)OCCO3)n1. The number of esters is 1.